The number of nitrogens with zero attached hydrogens (tertiary/aromatic N) is 1. The summed E-state index contributed by atoms with van der Waals surface area (Å²) >= 11 is 0. The second-order valence-corrected chi connectivity index (χ2v) is 6.89. The predicted octanol–water partition coefficient (Wildman–Crippen LogP) is 2.10. The van der Waals surface area contributed by atoms with Crippen molar-refractivity contribution in [2.75, 3.05) is 26.3 Å². The van der Waals surface area contributed by atoms with Crippen molar-refractivity contribution < 1.29 is 18.7 Å². The van der Waals surface area contributed by atoms with E-state index in [1.807, 2.05) is 20.8 Å². The fourth-order valence-electron chi connectivity index (χ4n) is 2.75. The van der Waals surface area contributed by atoms with E-state index in [0.717, 1.165) is 12.8 Å². The van der Waals surface area contributed by atoms with Crippen molar-refractivity contribution in [2.45, 2.75) is 63.9 Å². The first-order valence-electron chi connectivity index (χ1n) is 7.81. The normalized spacial score (nSPS) is 28.5. The molecule has 0 bridgehead atoms. The van der Waals surface area contributed by atoms with Gasteiger partial charge in [0.05, 0.1) is 6.61 Å². The fourth-order valence-corrected chi connectivity index (χ4v) is 2.75. The van der Waals surface area contributed by atoms with Crippen molar-refractivity contribution in [1.82, 2.24) is 10.2 Å². The largest absolute Gasteiger partial charge is 0.444 e. The molecular weight excluding hydrogens is 275 g/mol. The van der Waals surface area contributed by atoms with Gasteiger partial charge in [0, 0.05) is 31.8 Å². The van der Waals surface area contributed by atoms with Gasteiger partial charge in [0.15, 0.2) is 0 Å². The van der Waals surface area contributed by atoms with Crippen molar-refractivity contribution >= 4 is 6.09 Å². The summed E-state index contributed by atoms with van der Waals surface area (Å²) in [5, 5.41) is 3.38. The van der Waals surface area contributed by atoms with E-state index >= 15 is 0 Å². The highest BCUT2D eigenvalue weighted by Gasteiger charge is 2.31. The molecule has 2 saturated heterocycles. The number of alkyl halides is 1. The van der Waals surface area contributed by atoms with Crippen molar-refractivity contribution in [3.8, 4) is 0 Å². The molecule has 0 aromatic rings. The lowest BCUT2D eigenvalue weighted by Crippen LogP contribution is -2.52. The summed E-state index contributed by atoms with van der Waals surface area (Å²) in [6.07, 6.45) is 1.21. The molecule has 2 fully saturated rings. The van der Waals surface area contributed by atoms with E-state index in [0.29, 0.717) is 26.1 Å². The molecule has 0 spiro atoms. The first kappa shape index (κ1) is 16.5. The Bertz CT molecular complexity index is 351. The zero-order valence-electron chi connectivity index (χ0n) is 13.2. The predicted molar refractivity (Wildman–Crippen MR) is 78.1 cm³/mol. The van der Waals surface area contributed by atoms with E-state index in [9.17, 15) is 9.18 Å². The van der Waals surface area contributed by atoms with E-state index in [4.69, 9.17) is 9.47 Å². The van der Waals surface area contributed by atoms with Crippen LogP contribution in [0.4, 0.5) is 9.18 Å². The molecule has 2 atom stereocenters. The first-order valence-corrected chi connectivity index (χ1v) is 7.81. The number of hydrogen-bond acceptors (Lipinski definition) is 4. The number of halogens is 1. The number of piperidine rings is 1. The number of likely N-dealkylation sites (tertiary alicyclic amines) is 1. The minimum absolute atomic E-state index is 0.114. The van der Waals surface area contributed by atoms with E-state index in [2.05, 4.69) is 5.32 Å². The van der Waals surface area contributed by atoms with Gasteiger partial charge < -0.3 is 19.7 Å². The molecular formula is C15H27FN2O3. The maximum atomic E-state index is 13.7. The number of amides is 1. The van der Waals surface area contributed by atoms with Crippen molar-refractivity contribution in [1.29, 1.82) is 0 Å². The molecule has 0 saturated carbocycles. The molecule has 0 aromatic carbocycles. The minimum atomic E-state index is -0.928. The van der Waals surface area contributed by atoms with Crippen LogP contribution in [0.5, 0.6) is 0 Å². The second kappa shape index (κ2) is 6.92. The number of rotatable bonds is 2. The van der Waals surface area contributed by atoms with Gasteiger partial charge in [-0.2, -0.15) is 0 Å². The fraction of sp³-hybridized carbons (Fsp3) is 0.933. The Morgan fingerprint density at radius 2 is 1.95 bits per heavy atom. The number of carbonyl (C=O) groups is 1. The molecule has 0 aromatic heterocycles. The van der Waals surface area contributed by atoms with Crippen molar-refractivity contribution in [3.05, 3.63) is 0 Å². The highest BCUT2D eigenvalue weighted by atomic mass is 19.1. The summed E-state index contributed by atoms with van der Waals surface area (Å²) in [6.45, 7) is 7.73. The van der Waals surface area contributed by atoms with E-state index < -0.39 is 11.8 Å². The second-order valence-electron chi connectivity index (χ2n) is 6.89. The molecule has 5 nitrogen and oxygen atoms in total. The molecule has 0 radical (unpaired) electrons. The Hall–Kier alpha value is -0.880. The third-order valence-electron chi connectivity index (χ3n) is 3.88. The Kier molecular flexibility index (Phi) is 5.43. The van der Waals surface area contributed by atoms with Crippen LogP contribution in [0.1, 0.15) is 40.0 Å². The molecule has 2 aliphatic rings. The zero-order valence-corrected chi connectivity index (χ0v) is 13.2. The molecule has 6 heteroatoms. The smallest absolute Gasteiger partial charge is 0.410 e. The van der Waals surface area contributed by atoms with Crippen LogP contribution in [0.25, 0.3) is 0 Å². The molecule has 2 heterocycles. The van der Waals surface area contributed by atoms with Crippen molar-refractivity contribution in [3.63, 3.8) is 0 Å². The third-order valence-corrected chi connectivity index (χ3v) is 3.88. The maximum Gasteiger partial charge on any atom is 0.410 e. The van der Waals surface area contributed by atoms with E-state index in [1.165, 1.54) is 0 Å². The monoisotopic (exact) mass is 302 g/mol. The summed E-state index contributed by atoms with van der Waals surface area (Å²) < 4.78 is 24.2. The van der Waals surface area contributed by atoms with Crippen LogP contribution in [0.2, 0.25) is 0 Å². The highest BCUT2D eigenvalue weighted by Crippen LogP contribution is 2.18. The summed E-state index contributed by atoms with van der Waals surface area (Å²) in [4.78, 5) is 13.7. The van der Waals surface area contributed by atoms with Gasteiger partial charge >= 0.3 is 6.09 Å². The SMILES string of the molecule is CC(C)(C)OC(=O)N1CCC(NC2CCOCC2F)CC1. The van der Waals surface area contributed by atoms with E-state index in [1.54, 1.807) is 4.90 Å². The number of nitrogens with one attached hydrogen (secondary N) is 1. The third kappa shape index (κ3) is 5.11. The molecule has 2 rings (SSSR count). The van der Waals surface area contributed by atoms with Gasteiger partial charge in [-0.15, -0.1) is 0 Å². The van der Waals surface area contributed by atoms with Gasteiger partial charge in [0.1, 0.15) is 11.8 Å². The summed E-state index contributed by atoms with van der Waals surface area (Å²) in [5.74, 6) is 0. The average Bonchev–Trinajstić information content (AvgIpc) is 2.40. The van der Waals surface area contributed by atoms with Crippen LogP contribution >= 0.6 is 0 Å². The van der Waals surface area contributed by atoms with Crippen LogP contribution in [0, 0.1) is 0 Å². The van der Waals surface area contributed by atoms with Crippen molar-refractivity contribution in [2.24, 2.45) is 0 Å². The average molecular weight is 302 g/mol. The molecule has 122 valence electrons. The standard InChI is InChI=1S/C15H27FN2O3/c1-15(2,3)21-14(19)18-7-4-11(5-8-18)17-13-6-9-20-10-12(13)16/h11-13,17H,4-10H2,1-3H3. The number of hydrogen-bond donors (Lipinski definition) is 1. The Labute approximate surface area is 126 Å². The summed E-state index contributed by atoms with van der Waals surface area (Å²) in [6, 6.07) is 0.155. The lowest BCUT2D eigenvalue weighted by atomic mass is 10.0. The van der Waals surface area contributed by atoms with Gasteiger partial charge in [-0.05, 0) is 40.0 Å². The van der Waals surface area contributed by atoms with Crippen LogP contribution < -0.4 is 5.32 Å². The maximum absolute atomic E-state index is 13.7. The molecule has 21 heavy (non-hydrogen) atoms. The highest BCUT2D eigenvalue weighted by molar-refractivity contribution is 5.68. The molecule has 2 unspecified atom stereocenters. The van der Waals surface area contributed by atoms with Gasteiger partial charge in [-0.3, -0.25) is 0 Å². The van der Waals surface area contributed by atoms with Gasteiger partial charge in [-0.25, -0.2) is 9.18 Å². The summed E-state index contributed by atoms with van der Waals surface area (Å²) in [5.41, 5.74) is -0.463. The van der Waals surface area contributed by atoms with Gasteiger partial charge in [-0.1, -0.05) is 0 Å². The van der Waals surface area contributed by atoms with Crippen LogP contribution in [-0.4, -0.2) is 61.2 Å². The van der Waals surface area contributed by atoms with Crippen LogP contribution in [0.3, 0.4) is 0 Å². The van der Waals surface area contributed by atoms with E-state index in [-0.39, 0.29) is 24.8 Å². The topological polar surface area (TPSA) is 50.8 Å². The lowest BCUT2D eigenvalue weighted by molar-refractivity contribution is 0.00435. The van der Waals surface area contributed by atoms with Gasteiger partial charge in [0.25, 0.3) is 0 Å². The lowest BCUT2D eigenvalue weighted by Gasteiger charge is -2.37. The number of ether oxygens (including phenoxy) is 2. The Morgan fingerprint density at radius 3 is 2.52 bits per heavy atom. The van der Waals surface area contributed by atoms with Gasteiger partial charge in [0.2, 0.25) is 0 Å². The molecule has 2 aliphatic heterocycles. The zero-order chi connectivity index (χ0) is 15.5. The minimum Gasteiger partial charge on any atom is -0.444 e. The summed E-state index contributed by atoms with van der Waals surface area (Å²) in [7, 11) is 0. The Morgan fingerprint density at radius 1 is 1.29 bits per heavy atom. The Balaban J connectivity index is 1.74. The molecule has 1 amide bonds. The quantitative estimate of drug-likeness (QED) is 0.849. The van der Waals surface area contributed by atoms with Crippen LogP contribution in [-0.2, 0) is 9.47 Å². The first-order chi connectivity index (χ1) is 9.85. The number of carbonyl (C=O) groups excluding carboxylic acids is 1. The molecule has 1 N–H and O–H groups in total. The van der Waals surface area contributed by atoms with Crippen LogP contribution in [0.15, 0.2) is 0 Å². The molecule has 0 aliphatic carbocycles.